The number of benzene rings is 1. The number of amides is 2. The summed E-state index contributed by atoms with van der Waals surface area (Å²) in [4.78, 5) is 35.8. The number of ether oxygens (including phenoxy) is 1. The van der Waals surface area contributed by atoms with Crippen LogP contribution in [0.1, 0.15) is 6.92 Å². The molecule has 0 spiro atoms. The minimum Gasteiger partial charge on any atom is -0.495 e. The zero-order valence-corrected chi connectivity index (χ0v) is 15.3. The van der Waals surface area contributed by atoms with Gasteiger partial charge >= 0.3 is 5.69 Å². The molecule has 11 heteroatoms. The van der Waals surface area contributed by atoms with Crippen molar-refractivity contribution >= 4 is 34.5 Å². The molecule has 3 aromatic rings. The van der Waals surface area contributed by atoms with Crippen molar-refractivity contribution in [2.24, 2.45) is 0 Å². The van der Waals surface area contributed by atoms with Gasteiger partial charge in [0.05, 0.1) is 12.8 Å². The molecule has 0 aliphatic rings. The summed E-state index contributed by atoms with van der Waals surface area (Å²) in [6.07, 6.45) is 0. The Balaban J connectivity index is 1.76. The summed E-state index contributed by atoms with van der Waals surface area (Å²) in [7, 11) is 1.46. The van der Waals surface area contributed by atoms with Crippen molar-refractivity contribution in [3.63, 3.8) is 0 Å². The second-order valence-corrected chi connectivity index (χ2v) is 6.35. The van der Waals surface area contributed by atoms with Crippen LogP contribution < -0.4 is 21.1 Å². The highest BCUT2D eigenvalue weighted by Crippen LogP contribution is 2.27. The Morgan fingerprint density at radius 3 is 2.70 bits per heavy atom. The highest BCUT2D eigenvalue weighted by atomic mass is 32.1. The highest BCUT2D eigenvalue weighted by molar-refractivity contribution is 7.12. The Morgan fingerprint density at radius 2 is 2.04 bits per heavy atom. The highest BCUT2D eigenvalue weighted by Gasteiger charge is 2.15. The minimum atomic E-state index is -0.522. The Hall–Kier alpha value is -3.47. The first-order valence-corrected chi connectivity index (χ1v) is 8.68. The van der Waals surface area contributed by atoms with Crippen LogP contribution in [0.5, 0.6) is 5.75 Å². The van der Waals surface area contributed by atoms with Crippen molar-refractivity contribution < 1.29 is 14.3 Å². The van der Waals surface area contributed by atoms with Crippen molar-refractivity contribution in [3.05, 3.63) is 46.2 Å². The van der Waals surface area contributed by atoms with Gasteiger partial charge in [-0.15, -0.1) is 11.3 Å². The molecule has 2 heterocycles. The molecule has 27 heavy (non-hydrogen) atoms. The van der Waals surface area contributed by atoms with E-state index in [0.29, 0.717) is 22.1 Å². The average molecular weight is 388 g/mol. The maximum absolute atomic E-state index is 12.3. The van der Waals surface area contributed by atoms with Crippen molar-refractivity contribution in [3.8, 4) is 10.8 Å². The number of aromatic nitrogens is 4. The topological polar surface area (TPSA) is 120 Å². The molecule has 140 valence electrons. The maximum Gasteiger partial charge on any atom is 0.369 e. The second kappa shape index (κ2) is 7.83. The second-order valence-electron chi connectivity index (χ2n) is 5.43. The van der Waals surface area contributed by atoms with Crippen molar-refractivity contribution in [1.29, 1.82) is 0 Å². The molecule has 3 rings (SSSR count). The van der Waals surface area contributed by atoms with Gasteiger partial charge in [-0.25, -0.2) is 4.79 Å². The third kappa shape index (κ3) is 4.20. The van der Waals surface area contributed by atoms with E-state index >= 15 is 0 Å². The molecule has 0 fully saturated rings. The number of hydrogen-bond donors (Lipinski definition) is 2. The molecule has 0 aliphatic heterocycles. The first-order valence-electron chi connectivity index (χ1n) is 7.80. The summed E-state index contributed by atoms with van der Waals surface area (Å²) in [5, 5.41) is 15.2. The number of carbonyl (C=O) groups excluding carboxylic acids is 2. The largest absolute Gasteiger partial charge is 0.495 e. The van der Waals surface area contributed by atoms with Crippen LogP contribution in [0.4, 0.5) is 11.4 Å². The molecule has 0 aliphatic carbocycles. The minimum absolute atomic E-state index is 0.241. The van der Waals surface area contributed by atoms with E-state index in [1.807, 2.05) is 5.38 Å². The van der Waals surface area contributed by atoms with Gasteiger partial charge in [-0.05, 0) is 46.1 Å². The van der Waals surface area contributed by atoms with Crippen molar-refractivity contribution in [2.45, 2.75) is 13.5 Å². The quantitative estimate of drug-likeness (QED) is 0.652. The number of thiophene rings is 1. The van der Waals surface area contributed by atoms with Gasteiger partial charge in [-0.3, -0.25) is 9.59 Å². The molecule has 0 atom stereocenters. The number of tetrazole rings is 1. The standard InChI is InChI=1S/C16H16N6O4S/c1-10(23)17-11-5-6-13(26-2)12(8-11)18-14(24)9-21-16(25)22(20-19-21)15-4-3-7-27-15/h3-8H,9H2,1-2H3,(H,17,23)(H,18,24). The number of carbonyl (C=O) groups is 2. The van der Waals surface area contributed by atoms with Crippen LogP contribution in [0.2, 0.25) is 0 Å². The Labute approximate surface area is 157 Å². The van der Waals surface area contributed by atoms with Crippen LogP contribution in [0.15, 0.2) is 40.5 Å². The molecule has 0 unspecified atom stereocenters. The molecule has 0 radical (unpaired) electrons. The smallest absolute Gasteiger partial charge is 0.369 e. The molecule has 2 N–H and O–H groups in total. The predicted molar refractivity (Wildman–Crippen MR) is 99.4 cm³/mol. The van der Waals surface area contributed by atoms with E-state index in [1.165, 1.54) is 25.4 Å². The van der Waals surface area contributed by atoms with E-state index in [9.17, 15) is 14.4 Å². The number of rotatable bonds is 6. The van der Waals surface area contributed by atoms with Gasteiger partial charge in [0, 0.05) is 12.6 Å². The summed E-state index contributed by atoms with van der Waals surface area (Å²) < 4.78 is 7.29. The third-order valence-corrected chi connectivity index (χ3v) is 4.29. The third-order valence-electron chi connectivity index (χ3n) is 3.44. The lowest BCUT2D eigenvalue weighted by molar-refractivity contribution is -0.117. The Kier molecular flexibility index (Phi) is 5.31. The predicted octanol–water partition coefficient (Wildman–Crippen LogP) is 1.10. The number of nitrogens with zero attached hydrogens (tertiary/aromatic N) is 4. The molecular formula is C16H16N6O4S. The maximum atomic E-state index is 12.3. The van der Waals surface area contributed by atoms with Gasteiger partial charge in [0.1, 0.15) is 17.3 Å². The van der Waals surface area contributed by atoms with Crippen molar-refractivity contribution in [1.82, 2.24) is 19.8 Å². The summed E-state index contributed by atoms with van der Waals surface area (Å²) in [6, 6.07) is 8.33. The average Bonchev–Trinajstić information content (AvgIpc) is 3.25. The van der Waals surface area contributed by atoms with Gasteiger partial charge in [0.15, 0.2) is 0 Å². The molecule has 0 saturated carbocycles. The fourth-order valence-corrected chi connectivity index (χ4v) is 2.98. The van der Waals surface area contributed by atoms with E-state index in [4.69, 9.17) is 4.74 Å². The summed E-state index contributed by atoms with van der Waals surface area (Å²) >= 11 is 1.33. The SMILES string of the molecule is COc1ccc(NC(C)=O)cc1NC(=O)Cn1nnn(-c2cccs2)c1=O. The molecule has 10 nitrogen and oxygen atoms in total. The van der Waals surface area contributed by atoms with Gasteiger partial charge in [0.25, 0.3) is 0 Å². The molecule has 1 aromatic carbocycles. The first kappa shape index (κ1) is 18.3. The fraction of sp³-hybridized carbons (Fsp3) is 0.188. The van der Waals surface area contributed by atoms with E-state index in [-0.39, 0.29) is 12.5 Å². The van der Waals surface area contributed by atoms with Crippen LogP contribution in [-0.2, 0) is 16.1 Å². The van der Waals surface area contributed by atoms with E-state index in [2.05, 4.69) is 21.1 Å². The molecule has 2 amide bonds. The van der Waals surface area contributed by atoms with Crippen LogP contribution in [0.25, 0.3) is 5.00 Å². The lowest BCUT2D eigenvalue weighted by Gasteiger charge is -2.12. The summed E-state index contributed by atoms with van der Waals surface area (Å²) in [5.74, 6) is -0.324. The van der Waals surface area contributed by atoms with Gasteiger partial charge in [-0.2, -0.15) is 9.36 Å². The monoisotopic (exact) mass is 388 g/mol. The fourth-order valence-electron chi connectivity index (χ4n) is 2.31. The zero-order chi connectivity index (χ0) is 19.4. The van der Waals surface area contributed by atoms with Crippen molar-refractivity contribution in [2.75, 3.05) is 17.7 Å². The van der Waals surface area contributed by atoms with Crippen LogP contribution in [-0.4, -0.2) is 38.7 Å². The normalized spacial score (nSPS) is 10.4. The van der Waals surface area contributed by atoms with Gasteiger partial charge in [-0.1, -0.05) is 0 Å². The lowest BCUT2D eigenvalue weighted by atomic mass is 10.2. The molecule has 0 bridgehead atoms. The van der Waals surface area contributed by atoms with E-state index in [1.54, 1.807) is 30.3 Å². The number of nitrogens with one attached hydrogen (secondary N) is 2. The van der Waals surface area contributed by atoms with E-state index in [0.717, 1.165) is 9.36 Å². The zero-order valence-electron chi connectivity index (χ0n) is 14.5. The van der Waals surface area contributed by atoms with Gasteiger partial charge in [0.2, 0.25) is 11.8 Å². The summed E-state index contributed by atoms with van der Waals surface area (Å²) in [5.41, 5.74) is 0.332. The van der Waals surface area contributed by atoms with Crippen LogP contribution in [0, 0.1) is 0 Å². The molecule has 0 saturated heterocycles. The number of hydrogen-bond acceptors (Lipinski definition) is 7. The van der Waals surface area contributed by atoms with Crippen LogP contribution in [0.3, 0.4) is 0 Å². The lowest BCUT2D eigenvalue weighted by Crippen LogP contribution is -2.29. The molecule has 2 aromatic heterocycles. The number of anilines is 2. The molecular weight excluding hydrogens is 372 g/mol. The Bertz CT molecular complexity index is 1020. The van der Waals surface area contributed by atoms with E-state index < -0.39 is 11.6 Å². The van der Waals surface area contributed by atoms with Gasteiger partial charge < -0.3 is 15.4 Å². The number of methoxy groups -OCH3 is 1. The summed E-state index contributed by atoms with van der Waals surface area (Å²) in [6.45, 7) is 1.06. The Morgan fingerprint density at radius 1 is 1.22 bits per heavy atom. The first-order chi connectivity index (χ1) is 13.0. The van der Waals surface area contributed by atoms with Crippen LogP contribution >= 0.6 is 11.3 Å².